The third kappa shape index (κ3) is 3.11. The smallest absolute Gasteiger partial charge is 0.271 e. The van der Waals surface area contributed by atoms with Crippen LogP contribution in [-0.4, -0.2) is 37.9 Å². The van der Waals surface area contributed by atoms with Crippen molar-refractivity contribution in [1.29, 1.82) is 0 Å². The van der Waals surface area contributed by atoms with Crippen molar-refractivity contribution >= 4 is 27.5 Å². The molecule has 1 aliphatic rings. The molecule has 1 aromatic carbocycles. The molecule has 3 rings (SSSR count). The van der Waals surface area contributed by atoms with Crippen LogP contribution >= 0.6 is 0 Å². The van der Waals surface area contributed by atoms with E-state index in [0.717, 1.165) is 25.9 Å². The van der Waals surface area contributed by atoms with Gasteiger partial charge in [0, 0.05) is 17.9 Å². The van der Waals surface area contributed by atoms with Crippen molar-refractivity contribution in [3.8, 4) is 0 Å². The molecule has 0 amide bonds. The number of benzene rings is 1. The van der Waals surface area contributed by atoms with Gasteiger partial charge in [0.2, 0.25) is 0 Å². The Bertz CT molecular complexity index is 694. The maximum atomic E-state index is 12.4. The van der Waals surface area contributed by atoms with Crippen molar-refractivity contribution in [3.05, 3.63) is 28.3 Å². The Balaban J connectivity index is 1.79. The zero-order chi connectivity index (χ0) is 14.8. The van der Waals surface area contributed by atoms with E-state index >= 15 is 0 Å². The van der Waals surface area contributed by atoms with Crippen LogP contribution in [0, 0.1) is 16.0 Å². The van der Waals surface area contributed by atoms with Gasteiger partial charge in [-0.3, -0.25) is 14.3 Å². The number of fused-ring (bicyclic) bond motifs is 1. The Labute approximate surface area is 123 Å². The van der Waals surface area contributed by atoms with Gasteiger partial charge in [-0.2, -0.15) is 0 Å². The Morgan fingerprint density at radius 2 is 2.14 bits per heavy atom. The Kier molecular flexibility index (Phi) is 3.98. The van der Waals surface area contributed by atoms with Gasteiger partial charge in [0.1, 0.15) is 0 Å². The third-order valence-electron chi connectivity index (χ3n) is 3.72. The first-order valence-electron chi connectivity index (χ1n) is 6.87. The van der Waals surface area contributed by atoms with Gasteiger partial charge in [0.25, 0.3) is 5.69 Å². The van der Waals surface area contributed by atoms with Crippen LogP contribution in [0.2, 0.25) is 0 Å². The van der Waals surface area contributed by atoms with Crippen LogP contribution in [-0.2, 0) is 10.8 Å². The van der Waals surface area contributed by atoms with E-state index in [-0.39, 0.29) is 5.69 Å². The number of imidazole rings is 1. The van der Waals surface area contributed by atoms with Gasteiger partial charge in [-0.1, -0.05) is 0 Å². The molecule has 1 aromatic heterocycles. The number of piperidine rings is 1. The summed E-state index contributed by atoms with van der Waals surface area (Å²) >= 11 is 0. The predicted molar refractivity (Wildman–Crippen MR) is 79.6 cm³/mol. The van der Waals surface area contributed by atoms with Crippen LogP contribution in [0.5, 0.6) is 0 Å². The highest BCUT2D eigenvalue weighted by Gasteiger charge is 2.19. The second-order valence-electron chi connectivity index (χ2n) is 5.21. The number of nitro groups is 1. The number of non-ortho nitro benzene ring substituents is 1. The van der Waals surface area contributed by atoms with Crippen LogP contribution in [0.1, 0.15) is 12.8 Å². The molecule has 2 heterocycles. The lowest BCUT2D eigenvalue weighted by Crippen LogP contribution is -2.30. The van der Waals surface area contributed by atoms with E-state index in [0.29, 0.717) is 27.9 Å². The molecule has 1 aliphatic heterocycles. The fourth-order valence-electron chi connectivity index (χ4n) is 2.54. The quantitative estimate of drug-likeness (QED) is 0.659. The first-order valence-corrected chi connectivity index (χ1v) is 8.18. The third-order valence-corrected chi connectivity index (χ3v) is 5.11. The number of hydrogen-bond acceptors (Lipinski definition) is 5. The van der Waals surface area contributed by atoms with Crippen molar-refractivity contribution in [2.45, 2.75) is 18.0 Å². The number of rotatable bonds is 4. The summed E-state index contributed by atoms with van der Waals surface area (Å²) in [5.41, 5.74) is 1.16. The van der Waals surface area contributed by atoms with Crippen LogP contribution in [0.4, 0.5) is 5.69 Å². The second kappa shape index (κ2) is 5.90. The molecule has 0 bridgehead atoms. The van der Waals surface area contributed by atoms with Crippen molar-refractivity contribution in [2.24, 2.45) is 5.92 Å². The van der Waals surface area contributed by atoms with E-state index < -0.39 is 15.7 Å². The lowest BCUT2D eigenvalue weighted by Gasteiger charge is -2.21. The average Bonchev–Trinajstić information content (AvgIpc) is 2.91. The summed E-state index contributed by atoms with van der Waals surface area (Å²) in [5.74, 6) is 1.03. The maximum Gasteiger partial charge on any atom is 0.271 e. The molecule has 7 nitrogen and oxygen atoms in total. The standard InChI is InChI=1S/C13H16N4O3S/c18-17(19)10-1-2-11-12(7-10)16-13(15-11)21(20)8-9-3-5-14-6-4-9/h1-2,7,9,14H,3-6,8H2,(H,15,16)/t21-/m0/s1. The summed E-state index contributed by atoms with van der Waals surface area (Å²) in [7, 11) is -1.20. The molecule has 1 saturated heterocycles. The van der Waals surface area contributed by atoms with Crippen LogP contribution in [0.15, 0.2) is 23.4 Å². The van der Waals surface area contributed by atoms with E-state index in [2.05, 4.69) is 15.3 Å². The molecule has 1 atom stereocenters. The van der Waals surface area contributed by atoms with Crippen LogP contribution in [0.25, 0.3) is 11.0 Å². The van der Waals surface area contributed by atoms with Crippen molar-refractivity contribution in [1.82, 2.24) is 15.3 Å². The number of aromatic nitrogens is 2. The van der Waals surface area contributed by atoms with Crippen LogP contribution < -0.4 is 5.32 Å². The van der Waals surface area contributed by atoms with Crippen molar-refractivity contribution in [3.63, 3.8) is 0 Å². The average molecular weight is 308 g/mol. The van der Waals surface area contributed by atoms with Gasteiger partial charge in [0.05, 0.1) is 26.8 Å². The minimum atomic E-state index is -1.20. The lowest BCUT2D eigenvalue weighted by atomic mass is 10.0. The summed E-state index contributed by atoms with van der Waals surface area (Å²) in [4.78, 5) is 17.5. The zero-order valence-corrected chi connectivity index (χ0v) is 12.2. The molecule has 0 radical (unpaired) electrons. The predicted octanol–water partition coefficient (Wildman–Crippen LogP) is 1.58. The van der Waals surface area contributed by atoms with Gasteiger partial charge >= 0.3 is 0 Å². The van der Waals surface area contributed by atoms with Gasteiger partial charge in [-0.25, -0.2) is 4.98 Å². The van der Waals surface area contributed by atoms with Crippen molar-refractivity contribution < 1.29 is 9.13 Å². The molecule has 8 heteroatoms. The number of aromatic amines is 1. The topological polar surface area (TPSA) is 101 Å². The summed E-state index contributed by atoms with van der Waals surface area (Å²) in [6.45, 7) is 1.93. The first kappa shape index (κ1) is 14.2. The highest BCUT2D eigenvalue weighted by molar-refractivity contribution is 7.84. The molecule has 0 saturated carbocycles. The number of H-pyrrole nitrogens is 1. The molecule has 2 aromatic rings. The molecular formula is C13H16N4O3S. The number of nitrogens with zero attached hydrogens (tertiary/aromatic N) is 2. The Hall–Kier alpha value is -1.80. The van der Waals surface area contributed by atoms with Gasteiger partial charge in [-0.05, 0) is 37.9 Å². The summed E-state index contributed by atoms with van der Waals surface area (Å²) in [6, 6.07) is 4.41. The lowest BCUT2D eigenvalue weighted by molar-refractivity contribution is -0.384. The highest BCUT2D eigenvalue weighted by atomic mass is 32.2. The second-order valence-corrected chi connectivity index (χ2v) is 6.62. The molecule has 2 N–H and O–H groups in total. The summed E-state index contributed by atoms with van der Waals surface area (Å²) < 4.78 is 12.4. The SMILES string of the molecule is O=[N+]([O-])c1ccc2nc([S@@](=O)CC3CCNCC3)[nH]c2c1. The maximum absolute atomic E-state index is 12.4. The molecule has 21 heavy (non-hydrogen) atoms. The zero-order valence-electron chi connectivity index (χ0n) is 11.4. The minimum absolute atomic E-state index is 0.00170. The number of nitrogens with one attached hydrogen (secondary N) is 2. The van der Waals surface area contributed by atoms with Crippen molar-refractivity contribution in [2.75, 3.05) is 18.8 Å². The molecule has 1 fully saturated rings. The van der Waals surface area contributed by atoms with E-state index in [4.69, 9.17) is 0 Å². The van der Waals surface area contributed by atoms with E-state index in [1.165, 1.54) is 12.1 Å². The Morgan fingerprint density at radius 3 is 2.86 bits per heavy atom. The summed E-state index contributed by atoms with van der Waals surface area (Å²) in [6.07, 6.45) is 2.05. The monoisotopic (exact) mass is 308 g/mol. The number of hydrogen-bond donors (Lipinski definition) is 2. The molecule has 0 spiro atoms. The fraction of sp³-hybridized carbons (Fsp3) is 0.462. The highest BCUT2D eigenvalue weighted by Crippen LogP contribution is 2.21. The van der Waals surface area contributed by atoms with Gasteiger partial charge in [-0.15, -0.1) is 0 Å². The van der Waals surface area contributed by atoms with E-state index in [1.54, 1.807) is 6.07 Å². The molecular weight excluding hydrogens is 292 g/mol. The van der Waals surface area contributed by atoms with E-state index in [9.17, 15) is 14.3 Å². The number of nitro benzene ring substituents is 1. The molecule has 0 unspecified atom stereocenters. The van der Waals surface area contributed by atoms with Gasteiger partial charge in [0.15, 0.2) is 5.16 Å². The van der Waals surface area contributed by atoms with Gasteiger partial charge < -0.3 is 10.3 Å². The fourth-order valence-corrected chi connectivity index (χ4v) is 3.88. The normalized spacial score (nSPS) is 17.9. The first-order chi connectivity index (χ1) is 10.1. The summed E-state index contributed by atoms with van der Waals surface area (Å²) in [5, 5.41) is 14.4. The van der Waals surface area contributed by atoms with E-state index in [1.807, 2.05) is 0 Å². The van der Waals surface area contributed by atoms with Crippen LogP contribution in [0.3, 0.4) is 0 Å². The minimum Gasteiger partial charge on any atom is -0.331 e. The molecule has 112 valence electrons. The Morgan fingerprint density at radius 1 is 1.38 bits per heavy atom. The largest absolute Gasteiger partial charge is 0.331 e. The molecule has 0 aliphatic carbocycles.